The van der Waals surface area contributed by atoms with Crippen molar-refractivity contribution in [2.24, 2.45) is 5.41 Å². The van der Waals surface area contributed by atoms with Gasteiger partial charge in [0.2, 0.25) is 0 Å². The van der Waals surface area contributed by atoms with Crippen molar-refractivity contribution in [1.82, 2.24) is 5.32 Å². The molecule has 0 fully saturated rings. The molecule has 2 nitrogen and oxygen atoms in total. The lowest BCUT2D eigenvalue weighted by molar-refractivity contribution is 0.235. The predicted octanol–water partition coefficient (Wildman–Crippen LogP) is 2.49. The Kier molecular flexibility index (Phi) is 4.44. The number of rotatable bonds is 4. The molecular weight excluding hydrogens is 205 g/mol. The quantitative estimate of drug-likeness (QED) is 0.825. The van der Waals surface area contributed by atoms with Gasteiger partial charge in [0.15, 0.2) is 0 Å². The van der Waals surface area contributed by atoms with Gasteiger partial charge in [0.05, 0.1) is 6.61 Å². The van der Waals surface area contributed by atoms with Crippen LogP contribution in [0.1, 0.15) is 32.4 Å². The van der Waals surface area contributed by atoms with Crippen molar-refractivity contribution >= 4 is 0 Å². The molecule has 0 aliphatic rings. The van der Waals surface area contributed by atoms with Crippen molar-refractivity contribution in [3.8, 4) is 0 Å². The molecule has 3 heteroatoms. The Morgan fingerprint density at radius 3 is 2.25 bits per heavy atom. The van der Waals surface area contributed by atoms with E-state index in [1.54, 1.807) is 12.1 Å². The van der Waals surface area contributed by atoms with Gasteiger partial charge in [-0.05, 0) is 23.1 Å². The van der Waals surface area contributed by atoms with Gasteiger partial charge in [-0.25, -0.2) is 4.39 Å². The first kappa shape index (κ1) is 13.1. The van der Waals surface area contributed by atoms with Crippen molar-refractivity contribution in [1.29, 1.82) is 0 Å². The van der Waals surface area contributed by atoms with Gasteiger partial charge in [0.1, 0.15) is 5.82 Å². The summed E-state index contributed by atoms with van der Waals surface area (Å²) in [6.45, 7) is 7.00. The maximum absolute atomic E-state index is 12.8. The molecule has 2 N–H and O–H groups in total. The van der Waals surface area contributed by atoms with Crippen molar-refractivity contribution in [2.45, 2.75) is 26.8 Å². The number of aliphatic hydroxyl groups is 1. The minimum Gasteiger partial charge on any atom is -0.395 e. The maximum atomic E-state index is 12.8. The van der Waals surface area contributed by atoms with Gasteiger partial charge in [0.25, 0.3) is 0 Å². The molecule has 0 saturated carbocycles. The van der Waals surface area contributed by atoms with Gasteiger partial charge >= 0.3 is 0 Å². The minimum absolute atomic E-state index is 0.0208. The minimum atomic E-state index is -0.224. The molecule has 1 rings (SSSR count). The van der Waals surface area contributed by atoms with E-state index in [1.165, 1.54) is 12.1 Å². The standard InChI is InChI=1S/C13H20FNO/c1-13(2,3)12(15-8-9-16)10-4-6-11(14)7-5-10/h4-7,12,15-16H,8-9H2,1-3H3/t12-/m1/s1. The molecule has 0 aliphatic heterocycles. The van der Waals surface area contributed by atoms with Crippen LogP contribution in [0.5, 0.6) is 0 Å². The summed E-state index contributed by atoms with van der Waals surface area (Å²) in [7, 11) is 0. The van der Waals surface area contributed by atoms with Crippen molar-refractivity contribution in [3.05, 3.63) is 35.6 Å². The van der Waals surface area contributed by atoms with E-state index in [1.807, 2.05) is 0 Å². The van der Waals surface area contributed by atoms with Crippen LogP contribution in [0.3, 0.4) is 0 Å². The van der Waals surface area contributed by atoms with E-state index >= 15 is 0 Å². The van der Waals surface area contributed by atoms with Gasteiger partial charge in [-0.15, -0.1) is 0 Å². The zero-order valence-corrected chi connectivity index (χ0v) is 10.1. The van der Waals surface area contributed by atoms with E-state index in [0.29, 0.717) is 6.54 Å². The molecule has 90 valence electrons. The van der Waals surface area contributed by atoms with Crippen LogP contribution < -0.4 is 5.32 Å². The third-order valence-electron chi connectivity index (χ3n) is 2.53. The number of hydrogen-bond acceptors (Lipinski definition) is 2. The SMILES string of the molecule is CC(C)(C)[C@H](NCCO)c1ccc(F)cc1. The number of hydrogen-bond donors (Lipinski definition) is 2. The molecule has 0 amide bonds. The molecule has 1 atom stereocenters. The highest BCUT2D eigenvalue weighted by Gasteiger charge is 2.25. The lowest BCUT2D eigenvalue weighted by Crippen LogP contribution is -2.34. The van der Waals surface area contributed by atoms with Crippen molar-refractivity contribution in [3.63, 3.8) is 0 Å². The van der Waals surface area contributed by atoms with Crippen LogP contribution in [0, 0.1) is 11.2 Å². The summed E-state index contributed by atoms with van der Waals surface area (Å²) in [6, 6.07) is 6.62. The van der Waals surface area contributed by atoms with E-state index < -0.39 is 0 Å². The van der Waals surface area contributed by atoms with E-state index in [9.17, 15) is 4.39 Å². The topological polar surface area (TPSA) is 32.3 Å². The first-order valence-corrected chi connectivity index (χ1v) is 5.55. The normalized spacial score (nSPS) is 13.8. The molecule has 0 unspecified atom stereocenters. The summed E-state index contributed by atoms with van der Waals surface area (Å²) in [6.07, 6.45) is 0. The van der Waals surface area contributed by atoms with E-state index in [0.717, 1.165) is 5.56 Å². The average molecular weight is 225 g/mol. The van der Waals surface area contributed by atoms with Crippen molar-refractivity contribution < 1.29 is 9.50 Å². The smallest absolute Gasteiger partial charge is 0.123 e. The van der Waals surface area contributed by atoms with E-state index in [4.69, 9.17) is 5.11 Å². The molecule has 0 aromatic heterocycles. The average Bonchev–Trinajstić information content (AvgIpc) is 2.19. The Labute approximate surface area is 96.5 Å². The van der Waals surface area contributed by atoms with Crippen LogP contribution in [0.2, 0.25) is 0 Å². The Morgan fingerprint density at radius 1 is 1.25 bits per heavy atom. The highest BCUT2D eigenvalue weighted by molar-refractivity contribution is 5.21. The molecular formula is C13H20FNO. The molecule has 0 saturated heterocycles. The third-order valence-corrected chi connectivity index (χ3v) is 2.53. The molecule has 0 spiro atoms. The fourth-order valence-electron chi connectivity index (χ4n) is 1.79. The number of aliphatic hydroxyl groups excluding tert-OH is 1. The zero-order valence-electron chi connectivity index (χ0n) is 10.1. The first-order chi connectivity index (χ1) is 7.45. The molecule has 0 bridgehead atoms. The van der Waals surface area contributed by atoms with Gasteiger partial charge < -0.3 is 10.4 Å². The fourth-order valence-corrected chi connectivity index (χ4v) is 1.79. The molecule has 16 heavy (non-hydrogen) atoms. The molecule has 0 radical (unpaired) electrons. The lowest BCUT2D eigenvalue weighted by Gasteiger charge is -2.32. The third kappa shape index (κ3) is 3.58. The fraction of sp³-hybridized carbons (Fsp3) is 0.538. The first-order valence-electron chi connectivity index (χ1n) is 5.55. The van der Waals surface area contributed by atoms with Crippen molar-refractivity contribution in [2.75, 3.05) is 13.2 Å². The Hall–Kier alpha value is -0.930. The van der Waals surface area contributed by atoms with Crippen LogP contribution in [0.4, 0.5) is 4.39 Å². The summed E-state index contributed by atoms with van der Waals surface area (Å²) < 4.78 is 12.8. The monoisotopic (exact) mass is 225 g/mol. The summed E-state index contributed by atoms with van der Waals surface area (Å²) in [5.41, 5.74) is 1.06. The second-order valence-corrected chi connectivity index (χ2v) is 5.03. The highest BCUT2D eigenvalue weighted by Crippen LogP contribution is 2.32. The maximum Gasteiger partial charge on any atom is 0.123 e. The Morgan fingerprint density at radius 2 is 1.81 bits per heavy atom. The van der Waals surface area contributed by atoms with Crippen LogP contribution in [0.25, 0.3) is 0 Å². The largest absolute Gasteiger partial charge is 0.395 e. The lowest BCUT2D eigenvalue weighted by atomic mass is 9.82. The molecule has 0 aliphatic carbocycles. The van der Waals surface area contributed by atoms with E-state index in [2.05, 4.69) is 26.1 Å². The van der Waals surface area contributed by atoms with Gasteiger partial charge in [-0.3, -0.25) is 0 Å². The van der Waals surface area contributed by atoms with Crippen LogP contribution in [0.15, 0.2) is 24.3 Å². The van der Waals surface area contributed by atoms with Crippen LogP contribution in [-0.2, 0) is 0 Å². The summed E-state index contributed by atoms with van der Waals surface area (Å²) in [5, 5.41) is 12.1. The Balaban J connectivity index is 2.88. The highest BCUT2D eigenvalue weighted by atomic mass is 19.1. The molecule has 0 heterocycles. The Bertz CT molecular complexity index is 316. The zero-order chi connectivity index (χ0) is 12.2. The van der Waals surface area contributed by atoms with Crippen LogP contribution in [-0.4, -0.2) is 18.3 Å². The van der Waals surface area contributed by atoms with E-state index in [-0.39, 0.29) is 23.9 Å². The summed E-state index contributed by atoms with van der Waals surface area (Å²) in [5.74, 6) is -0.224. The summed E-state index contributed by atoms with van der Waals surface area (Å²) in [4.78, 5) is 0. The number of benzene rings is 1. The van der Waals surface area contributed by atoms with Gasteiger partial charge in [-0.2, -0.15) is 0 Å². The molecule has 1 aromatic rings. The van der Waals surface area contributed by atoms with Gasteiger partial charge in [-0.1, -0.05) is 32.9 Å². The second-order valence-electron chi connectivity index (χ2n) is 5.03. The second kappa shape index (κ2) is 5.41. The predicted molar refractivity (Wildman–Crippen MR) is 63.7 cm³/mol. The summed E-state index contributed by atoms with van der Waals surface area (Å²) >= 11 is 0. The number of halogens is 1. The molecule has 1 aromatic carbocycles. The van der Waals surface area contributed by atoms with Gasteiger partial charge in [0, 0.05) is 12.6 Å². The number of nitrogens with one attached hydrogen (secondary N) is 1. The van der Waals surface area contributed by atoms with Crippen LogP contribution >= 0.6 is 0 Å².